The van der Waals surface area contributed by atoms with E-state index < -0.39 is 11.5 Å². The Balaban J connectivity index is 1.59. The van der Waals surface area contributed by atoms with Gasteiger partial charge in [-0.1, -0.05) is 49.8 Å². The summed E-state index contributed by atoms with van der Waals surface area (Å²) in [6.07, 6.45) is 11.7. The summed E-state index contributed by atoms with van der Waals surface area (Å²) in [7, 11) is 1.62. The topological polar surface area (TPSA) is 76.0 Å². The minimum absolute atomic E-state index is 0.0330. The van der Waals surface area contributed by atoms with E-state index in [0.717, 1.165) is 24.2 Å². The number of methoxy groups -OCH3 is 1. The number of allylic oxidation sites excluding steroid dienone is 4. The lowest BCUT2D eigenvalue weighted by atomic mass is 9.47. The third kappa shape index (κ3) is 4.20. The van der Waals surface area contributed by atoms with E-state index in [1.807, 2.05) is 43.3 Å². The number of hydrogen-bond acceptors (Lipinski definition) is 5. The van der Waals surface area contributed by atoms with Crippen molar-refractivity contribution in [1.29, 1.82) is 0 Å². The van der Waals surface area contributed by atoms with E-state index in [0.29, 0.717) is 17.8 Å². The summed E-state index contributed by atoms with van der Waals surface area (Å²) in [5, 5.41) is 20.8. The van der Waals surface area contributed by atoms with Crippen LogP contribution in [0.25, 0.3) is 6.08 Å². The maximum atomic E-state index is 12.5. The second kappa shape index (κ2) is 8.96. The normalized spacial score (nSPS) is 35.3. The number of fused-ring (bicyclic) bond motifs is 1. The lowest BCUT2D eigenvalue weighted by Crippen LogP contribution is -2.56. The van der Waals surface area contributed by atoms with Gasteiger partial charge in [-0.3, -0.25) is 0 Å². The molecule has 3 aliphatic rings. The molecule has 2 aliphatic carbocycles. The van der Waals surface area contributed by atoms with Gasteiger partial charge >= 0.3 is 5.97 Å². The number of ether oxygens (including phenoxy) is 2. The molecule has 1 aliphatic heterocycles. The largest absolute Gasteiger partial charge is 0.497 e. The van der Waals surface area contributed by atoms with Crippen molar-refractivity contribution in [3.63, 3.8) is 0 Å². The number of esters is 1. The van der Waals surface area contributed by atoms with Crippen molar-refractivity contribution in [1.82, 2.24) is 0 Å². The summed E-state index contributed by atoms with van der Waals surface area (Å²) < 4.78 is 10.6. The predicted octanol–water partition coefficient (Wildman–Crippen LogP) is 4.82. The van der Waals surface area contributed by atoms with E-state index in [4.69, 9.17) is 9.47 Å². The Labute approximate surface area is 196 Å². The molecule has 2 N–H and O–H groups in total. The second-order valence-electron chi connectivity index (χ2n) is 10.1. The lowest BCUT2D eigenvalue weighted by Gasteiger charge is -2.58. The summed E-state index contributed by atoms with van der Waals surface area (Å²) >= 11 is 0. The smallest absolute Gasteiger partial charge is 0.343 e. The van der Waals surface area contributed by atoms with E-state index in [-0.39, 0.29) is 29.8 Å². The first-order valence-electron chi connectivity index (χ1n) is 11.6. The minimum Gasteiger partial charge on any atom is -0.497 e. The van der Waals surface area contributed by atoms with Gasteiger partial charge in [0, 0.05) is 11.3 Å². The molecule has 0 bridgehead atoms. The number of aliphatic hydroxyl groups excluding tert-OH is 2. The Bertz CT molecular complexity index is 1030. The number of aliphatic hydroxyl groups is 2. The number of carbonyl (C=O) groups is 1. The Morgan fingerprint density at radius 1 is 1.24 bits per heavy atom. The van der Waals surface area contributed by atoms with Gasteiger partial charge in [-0.15, -0.1) is 0 Å². The van der Waals surface area contributed by atoms with Gasteiger partial charge in [-0.2, -0.15) is 0 Å². The summed E-state index contributed by atoms with van der Waals surface area (Å²) in [5.41, 5.74) is 2.08. The first-order valence-corrected chi connectivity index (χ1v) is 11.6. The van der Waals surface area contributed by atoms with Crippen LogP contribution >= 0.6 is 0 Å². The molecule has 1 fully saturated rings. The summed E-state index contributed by atoms with van der Waals surface area (Å²) in [4.78, 5) is 12.5. The first-order chi connectivity index (χ1) is 15.7. The number of hydrogen-bond donors (Lipinski definition) is 2. The number of cyclic esters (lactones) is 1. The summed E-state index contributed by atoms with van der Waals surface area (Å²) in [5.74, 6) is 1.21. The highest BCUT2D eigenvalue weighted by atomic mass is 16.5. The third-order valence-electron chi connectivity index (χ3n) is 8.16. The van der Waals surface area contributed by atoms with Crippen LogP contribution in [0.15, 0.2) is 65.5 Å². The predicted molar refractivity (Wildman–Crippen MR) is 128 cm³/mol. The van der Waals surface area contributed by atoms with Crippen molar-refractivity contribution in [2.75, 3.05) is 13.7 Å². The van der Waals surface area contributed by atoms with Crippen LogP contribution in [0.1, 0.15) is 45.6 Å². The zero-order valence-electron chi connectivity index (χ0n) is 19.9. The third-order valence-corrected chi connectivity index (χ3v) is 8.16. The maximum absolute atomic E-state index is 12.5. The molecule has 5 heteroatoms. The average molecular weight is 451 g/mol. The van der Waals surface area contributed by atoms with Crippen LogP contribution in [0.5, 0.6) is 5.75 Å². The standard InChI is InChI=1S/C28H34O5/c1-18-5-12-24-27(2,14-13-25(30)28(24,3)17-29)23(18)11-8-20-16-22(33-26(20)31)15-19-6-9-21(32-4)10-7-19/h5-11,15-16,23-25,29-30H,12-14,17H2,1-4H3/b11-8+,22-15-/t23-,24+,25-,27+,28+/m1/s1. The summed E-state index contributed by atoms with van der Waals surface area (Å²) in [6.45, 7) is 6.37. The molecular weight excluding hydrogens is 416 g/mol. The van der Waals surface area contributed by atoms with Gasteiger partial charge in [0.25, 0.3) is 0 Å². The molecule has 1 saturated carbocycles. The zero-order chi connectivity index (χ0) is 23.8. The monoisotopic (exact) mass is 450 g/mol. The Morgan fingerprint density at radius 3 is 2.64 bits per heavy atom. The molecule has 4 rings (SSSR count). The summed E-state index contributed by atoms with van der Waals surface area (Å²) in [6, 6.07) is 7.55. The number of carbonyl (C=O) groups excluding carboxylic acids is 1. The van der Waals surface area contributed by atoms with Crippen LogP contribution in [0.4, 0.5) is 0 Å². The maximum Gasteiger partial charge on any atom is 0.343 e. The van der Waals surface area contributed by atoms with Crippen LogP contribution in [0.2, 0.25) is 0 Å². The van der Waals surface area contributed by atoms with Crippen LogP contribution in [-0.2, 0) is 9.53 Å². The quantitative estimate of drug-likeness (QED) is 0.497. The van der Waals surface area contributed by atoms with Gasteiger partial charge in [-0.05, 0) is 67.4 Å². The van der Waals surface area contributed by atoms with E-state index in [1.165, 1.54) is 5.57 Å². The molecule has 1 heterocycles. The van der Waals surface area contributed by atoms with Crippen molar-refractivity contribution in [3.8, 4) is 5.75 Å². The van der Waals surface area contributed by atoms with Crippen molar-refractivity contribution >= 4 is 12.0 Å². The fraction of sp³-hybridized carbons (Fsp3) is 0.464. The van der Waals surface area contributed by atoms with E-state index in [2.05, 4.69) is 26.0 Å². The van der Waals surface area contributed by atoms with E-state index in [9.17, 15) is 15.0 Å². The van der Waals surface area contributed by atoms with Crippen LogP contribution in [0, 0.1) is 22.7 Å². The molecule has 176 valence electrons. The highest BCUT2D eigenvalue weighted by molar-refractivity contribution is 5.96. The van der Waals surface area contributed by atoms with Gasteiger partial charge in [0.15, 0.2) is 0 Å². The molecule has 5 atom stereocenters. The Morgan fingerprint density at radius 2 is 1.97 bits per heavy atom. The first kappa shape index (κ1) is 23.5. The average Bonchev–Trinajstić information content (AvgIpc) is 3.15. The minimum atomic E-state index is -0.532. The molecule has 33 heavy (non-hydrogen) atoms. The SMILES string of the molecule is COc1ccc(/C=C2C=C(/C=C/[C@@H]3C(C)=CC[C@@H]4[C@](C)(CO)[C@H](O)CC[C@]43C)C(=O)O/2)cc1. The molecular formula is C28H34O5. The fourth-order valence-corrected chi connectivity index (χ4v) is 6.05. The zero-order valence-corrected chi connectivity index (χ0v) is 19.9. The molecule has 0 spiro atoms. The molecule has 1 aromatic rings. The van der Waals surface area contributed by atoms with Crippen LogP contribution in [-0.4, -0.2) is 36.0 Å². The molecule has 5 nitrogen and oxygen atoms in total. The van der Waals surface area contributed by atoms with Crippen LogP contribution < -0.4 is 4.74 Å². The highest BCUT2D eigenvalue weighted by Crippen LogP contribution is 2.60. The van der Waals surface area contributed by atoms with E-state index in [1.54, 1.807) is 13.2 Å². The van der Waals surface area contributed by atoms with Gasteiger partial charge in [0.2, 0.25) is 0 Å². The molecule has 0 unspecified atom stereocenters. The number of benzene rings is 1. The van der Waals surface area contributed by atoms with E-state index >= 15 is 0 Å². The highest BCUT2D eigenvalue weighted by Gasteiger charge is 2.56. The molecule has 0 amide bonds. The molecule has 0 saturated heterocycles. The van der Waals surface area contributed by atoms with Gasteiger partial charge in [-0.25, -0.2) is 4.79 Å². The molecule has 0 aromatic heterocycles. The molecule has 1 aromatic carbocycles. The second-order valence-corrected chi connectivity index (χ2v) is 10.1. The number of rotatable bonds is 5. The van der Waals surface area contributed by atoms with Gasteiger partial charge in [0.1, 0.15) is 11.5 Å². The van der Waals surface area contributed by atoms with Crippen molar-refractivity contribution in [2.45, 2.75) is 46.1 Å². The Hall–Kier alpha value is -2.63. The van der Waals surface area contributed by atoms with Crippen LogP contribution in [0.3, 0.4) is 0 Å². The van der Waals surface area contributed by atoms with Crippen molar-refractivity contribution < 1.29 is 24.5 Å². The van der Waals surface area contributed by atoms with Gasteiger partial charge in [0.05, 0.1) is 25.4 Å². The van der Waals surface area contributed by atoms with Crippen molar-refractivity contribution in [2.24, 2.45) is 22.7 Å². The fourth-order valence-electron chi connectivity index (χ4n) is 6.05. The van der Waals surface area contributed by atoms with Crippen molar-refractivity contribution in [3.05, 3.63) is 71.0 Å². The Kier molecular flexibility index (Phi) is 6.39. The molecule has 0 radical (unpaired) electrons. The lowest BCUT2D eigenvalue weighted by molar-refractivity contribution is -0.138. The van der Waals surface area contributed by atoms with Gasteiger partial charge < -0.3 is 19.7 Å².